The lowest BCUT2D eigenvalue weighted by molar-refractivity contribution is 0.0951. The highest BCUT2D eigenvalue weighted by Crippen LogP contribution is 2.19. The van der Waals surface area contributed by atoms with E-state index in [4.69, 9.17) is 5.11 Å². The fraction of sp³-hybridized carbons (Fsp3) is 0.556. The molecule has 9 heteroatoms. The molecule has 2 N–H and O–H groups in total. The highest BCUT2D eigenvalue weighted by atomic mass is 33.1. The van der Waals surface area contributed by atoms with Crippen molar-refractivity contribution < 1.29 is 19.4 Å². The van der Waals surface area contributed by atoms with E-state index in [-0.39, 0.29) is 12.5 Å². The Labute approximate surface area is 168 Å². The van der Waals surface area contributed by atoms with Gasteiger partial charge < -0.3 is 20.1 Å². The molecule has 1 aromatic rings. The Morgan fingerprint density at radius 3 is 2.44 bits per heavy atom. The van der Waals surface area contributed by atoms with E-state index in [1.54, 1.807) is 10.8 Å². The van der Waals surface area contributed by atoms with Gasteiger partial charge in [-0.3, -0.25) is 9.69 Å². The number of piperazine rings is 1. The van der Waals surface area contributed by atoms with Crippen LogP contribution in [-0.2, 0) is 11.3 Å². The predicted octanol–water partition coefficient (Wildman–Crippen LogP) is 2.24. The van der Waals surface area contributed by atoms with Gasteiger partial charge in [-0.25, -0.2) is 4.79 Å². The topological polar surface area (TPSA) is 82.1 Å². The van der Waals surface area contributed by atoms with Crippen molar-refractivity contribution in [3.8, 4) is 0 Å². The third kappa shape index (κ3) is 8.87. The smallest absolute Gasteiger partial charge is 0.450 e. The number of nitrogens with one attached hydrogen (secondary N) is 1. The van der Waals surface area contributed by atoms with Crippen LogP contribution in [0.4, 0.5) is 4.79 Å². The van der Waals surface area contributed by atoms with Gasteiger partial charge in [0.2, 0.25) is 0 Å². The van der Waals surface area contributed by atoms with E-state index in [2.05, 4.69) is 26.9 Å². The van der Waals surface area contributed by atoms with Crippen LogP contribution in [0.2, 0.25) is 0 Å². The first-order valence-electron chi connectivity index (χ1n) is 8.93. The summed E-state index contributed by atoms with van der Waals surface area (Å²) in [6, 6.07) is 7.82. The number of nitrogens with zero attached hydrogens (tertiary/aromatic N) is 2. The van der Waals surface area contributed by atoms with Gasteiger partial charge in [-0.1, -0.05) is 33.7 Å². The number of carbonyl (C=O) groups excluding carboxylic acids is 1. The van der Waals surface area contributed by atoms with Gasteiger partial charge in [0.15, 0.2) is 0 Å². The van der Waals surface area contributed by atoms with Crippen molar-refractivity contribution in [1.29, 1.82) is 0 Å². The second-order valence-electron chi connectivity index (χ2n) is 6.29. The number of likely N-dealkylation sites (N-methyl/N-ethyl adjacent to an activating group) is 1. The maximum Gasteiger partial charge on any atom is 0.505 e. The molecule has 1 amide bonds. The Hall–Kier alpha value is -1.42. The van der Waals surface area contributed by atoms with Gasteiger partial charge in [0.25, 0.3) is 5.91 Å². The Balaban J connectivity index is 1.60. The summed E-state index contributed by atoms with van der Waals surface area (Å²) >= 11 is 0. The quantitative estimate of drug-likeness (QED) is 0.343. The summed E-state index contributed by atoms with van der Waals surface area (Å²) in [6.07, 6.45) is -1.25. The van der Waals surface area contributed by atoms with Crippen LogP contribution >= 0.6 is 21.6 Å². The summed E-state index contributed by atoms with van der Waals surface area (Å²) in [6.45, 7) is 6.04. The second kappa shape index (κ2) is 12.1. The molecule has 2 rings (SSSR count). The number of hydrogen-bond donors (Lipinski definition) is 2. The summed E-state index contributed by atoms with van der Waals surface area (Å²) in [5.41, 5.74) is 1.90. The maximum atomic E-state index is 12.2. The molecule has 0 aliphatic carbocycles. The number of benzene rings is 1. The summed E-state index contributed by atoms with van der Waals surface area (Å²) < 4.78 is 4.41. The molecule has 0 unspecified atom stereocenters. The minimum Gasteiger partial charge on any atom is -0.450 e. The van der Waals surface area contributed by atoms with Crippen molar-refractivity contribution in [3.63, 3.8) is 0 Å². The molecule has 27 heavy (non-hydrogen) atoms. The molecule has 0 atom stereocenters. The van der Waals surface area contributed by atoms with Gasteiger partial charge in [0.05, 0.1) is 0 Å². The predicted molar refractivity (Wildman–Crippen MR) is 110 cm³/mol. The molecule has 1 heterocycles. The fourth-order valence-corrected chi connectivity index (χ4v) is 4.35. The molecular weight excluding hydrogens is 386 g/mol. The number of rotatable bonds is 10. The lowest BCUT2D eigenvalue weighted by atomic mass is 10.1. The van der Waals surface area contributed by atoms with Crippen molar-refractivity contribution in [2.45, 2.75) is 6.54 Å². The van der Waals surface area contributed by atoms with Crippen molar-refractivity contribution >= 4 is 33.7 Å². The number of amides is 1. The minimum absolute atomic E-state index is 0.0686. The molecule has 0 aromatic heterocycles. The SMILES string of the molecule is CN1CCN(Cc2ccc(C(=O)NCCSSCCOC(=O)O)cc2)CC1. The van der Waals surface area contributed by atoms with Crippen LogP contribution in [0.25, 0.3) is 0 Å². The van der Waals surface area contributed by atoms with E-state index >= 15 is 0 Å². The van der Waals surface area contributed by atoms with Gasteiger partial charge in [-0.15, -0.1) is 0 Å². The monoisotopic (exact) mass is 413 g/mol. The first kappa shape index (κ1) is 21.9. The molecule has 7 nitrogen and oxygen atoms in total. The number of carbonyl (C=O) groups is 2. The van der Waals surface area contributed by atoms with Gasteiger partial charge in [0, 0.05) is 56.3 Å². The van der Waals surface area contributed by atoms with Gasteiger partial charge >= 0.3 is 6.16 Å². The van der Waals surface area contributed by atoms with Crippen LogP contribution in [0, 0.1) is 0 Å². The Morgan fingerprint density at radius 2 is 1.78 bits per heavy atom. The molecule has 0 saturated carbocycles. The lowest BCUT2D eigenvalue weighted by Crippen LogP contribution is -2.43. The minimum atomic E-state index is -1.25. The van der Waals surface area contributed by atoms with E-state index in [9.17, 15) is 9.59 Å². The second-order valence-corrected chi connectivity index (χ2v) is 8.99. The van der Waals surface area contributed by atoms with Crippen molar-refractivity contribution in [2.24, 2.45) is 0 Å². The van der Waals surface area contributed by atoms with Crippen LogP contribution < -0.4 is 5.32 Å². The van der Waals surface area contributed by atoms with Crippen LogP contribution in [0.1, 0.15) is 15.9 Å². The fourth-order valence-electron chi connectivity index (χ4n) is 2.61. The highest BCUT2D eigenvalue weighted by Gasteiger charge is 2.14. The summed E-state index contributed by atoms with van der Waals surface area (Å²) in [5.74, 6) is 1.28. The van der Waals surface area contributed by atoms with E-state index < -0.39 is 6.16 Å². The first-order valence-corrected chi connectivity index (χ1v) is 11.4. The molecule has 0 bridgehead atoms. The summed E-state index contributed by atoms with van der Waals surface area (Å²) in [5, 5.41) is 11.2. The Kier molecular flexibility index (Phi) is 9.82. The number of carboxylic acid groups (broad SMARTS) is 1. The highest BCUT2D eigenvalue weighted by molar-refractivity contribution is 8.76. The molecule has 0 spiro atoms. The standard InChI is InChI=1S/C18H27N3O4S2/c1-20-7-9-21(10-8-20)14-15-2-4-16(5-3-15)17(22)19-6-12-26-27-13-11-25-18(23)24/h2-5H,6-14H2,1H3,(H,19,22)(H,23,24). The van der Waals surface area contributed by atoms with Gasteiger partial charge in [0.1, 0.15) is 6.61 Å². The molecule has 1 aliphatic rings. The van der Waals surface area contributed by atoms with Crippen LogP contribution in [0.3, 0.4) is 0 Å². The number of hydrogen-bond acceptors (Lipinski definition) is 7. The average molecular weight is 414 g/mol. The first-order chi connectivity index (χ1) is 13.0. The Bertz CT molecular complexity index is 593. The van der Waals surface area contributed by atoms with E-state index in [0.717, 1.165) is 38.5 Å². The molecule has 1 aliphatic heterocycles. The van der Waals surface area contributed by atoms with Crippen LogP contribution in [0.15, 0.2) is 24.3 Å². The summed E-state index contributed by atoms with van der Waals surface area (Å²) in [7, 11) is 5.26. The molecule has 1 saturated heterocycles. The van der Waals surface area contributed by atoms with Gasteiger partial charge in [-0.2, -0.15) is 0 Å². The van der Waals surface area contributed by atoms with Crippen molar-refractivity contribution in [1.82, 2.24) is 15.1 Å². The van der Waals surface area contributed by atoms with Gasteiger partial charge in [-0.05, 0) is 24.7 Å². The van der Waals surface area contributed by atoms with Crippen LogP contribution in [-0.4, -0.2) is 84.9 Å². The molecule has 1 fully saturated rings. The van der Waals surface area contributed by atoms with Crippen molar-refractivity contribution in [3.05, 3.63) is 35.4 Å². The largest absolute Gasteiger partial charge is 0.505 e. The molecule has 1 aromatic carbocycles. The van der Waals surface area contributed by atoms with E-state index in [1.165, 1.54) is 16.4 Å². The zero-order valence-electron chi connectivity index (χ0n) is 15.6. The van der Waals surface area contributed by atoms with E-state index in [0.29, 0.717) is 17.9 Å². The van der Waals surface area contributed by atoms with Crippen LogP contribution in [0.5, 0.6) is 0 Å². The Morgan fingerprint density at radius 1 is 1.11 bits per heavy atom. The zero-order chi connectivity index (χ0) is 19.5. The van der Waals surface area contributed by atoms with Crippen molar-refractivity contribution in [2.75, 3.05) is 57.9 Å². The molecular formula is C18H27N3O4S2. The summed E-state index contributed by atoms with van der Waals surface area (Å²) in [4.78, 5) is 27.1. The zero-order valence-corrected chi connectivity index (χ0v) is 17.2. The lowest BCUT2D eigenvalue weighted by Gasteiger charge is -2.32. The third-order valence-electron chi connectivity index (χ3n) is 4.16. The molecule has 150 valence electrons. The molecule has 0 radical (unpaired) electrons. The normalized spacial score (nSPS) is 15.4. The maximum absolute atomic E-state index is 12.2. The number of ether oxygens (including phenoxy) is 1. The van der Waals surface area contributed by atoms with E-state index in [1.807, 2.05) is 24.3 Å². The third-order valence-corrected chi connectivity index (χ3v) is 6.54. The average Bonchev–Trinajstić information content (AvgIpc) is 2.66.